The van der Waals surface area contributed by atoms with E-state index in [1.165, 1.54) is 0 Å². The van der Waals surface area contributed by atoms with E-state index >= 15 is 0 Å². The number of fused-ring (bicyclic) bond motifs is 1. The number of aromatic nitrogens is 3. The molecule has 0 unspecified atom stereocenters. The van der Waals surface area contributed by atoms with E-state index in [-0.39, 0.29) is 29.9 Å². The first-order valence-corrected chi connectivity index (χ1v) is 8.78. The highest BCUT2D eigenvalue weighted by Crippen LogP contribution is 2.26. The lowest BCUT2D eigenvalue weighted by molar-refractivity contribution is 0.0749. The van der Waals surface area contributed by atoms with Gasteiger partial charge in [-0.1, -0.05) is 0 Å². The number of carbonyl (C=O) groups excluding carboxylic acids is 1. The summed E-state index contributed by atoms with van der Waals surface area (Å²) in [5, 5.41) is 7.77. The fourth-order valence-corrected chi connectivity index (χ4v) is 3.97. The van der Waals surface area contributed by atoms with Gasteiger partial charge in [-0.25, -0.2) is 4.52 Å². The maximum atomic E-state index is 12.9. The van der Waals surface area contributed by atoms with E-state index < -0.39 is 0 Å². The third kappa shape index (κ3) is 3.18. The van der Waals surface area contributed by atoms with Crippen LogP contribution in [0.5, 0.6) is 0 Å². The van der Waals surface area contributed by atoms with Crippen LogP contribution in [-0.4, -0.2) is 51.1 Å². The van der Waals surface area contributed by atoms with Gasteiger partial charge in [0.25, 0.3) is 11.5 Å². The molecule has 0 aromatic carbocycles. The lowest BCUT2D eigenvalue weighted by Crippen LogP contribution is -2.33. The molecule has 1 atom stereocenters. The number of hydrogen-bond acceptors (Lipinski definition) is 4. The van der Waals surface area contributed by atoms with Gasteiger partial charge in [0.15, 0.2) is 0 Å². The number of H-pyrrole nitrogens is 1. The van der Waals surface area contributed by atoms with Crippen molar-refractivity contribution in [3.05, 3.63) is 33.9 Å². The van der Waals surface area contributed by atoms with Gasteiger partial charge in [0.1, 0.15) is 11.2 Å². The van der Waals surface area contributed by atoms with E-state index in [1.807, 2.05) is 4.90 Å². The van der Waals surface area contributed by atoms with Crippen LogP contribution in [0.15, 0.2) is 17.1 Å². The predicted molar refractivity (Wildman–Crippen MR) is 97.6 cm³/mol. The summed E-state index contributed by atoms with van der Waals surface area (Å²) in [6, 6.07) is 1.87. The Morgan fingerprint density at radius 2 is 2.04 bits per heavy atom. The molecule has 4 rings (SSSR count). The molecule has 0 aliphatic carbocycles. The Morgan fingerprint density at radius 3 is 2.72 bits per heavy atom. The number of piperidine rings is 1. The van der Waals surface area contributed by atoms with Crippen LogP contribution in [0.3, 0.4) is 0 Å². The van der Waals surface area contributed by atoms with E-state index in [0.29, 0.717) is 17.1 Å². The van der Waals surface area contributed by atoms with Gasteiger partial charge in [0, 0.05) is 24.6 Å². The first-order valence-electron chi connectivity index (χ1n) is 8.78. The predicted octanol–water partition coefficient (Wildman–Crippen LogP) is 1.54. The van der Waals surface area contributed by atoms with Gasteiger partial charge in [0.2, 0.25) is 0 Å². The van der Waals surface area contributed by atoms with Gasteiger partial charge >= 0.3 is 0 Å². The van der Waals surface area contributed by atoms with Crippen molar-refractivity contribution in [2.45, 2.75) is 44.6 Å². The zero-order chi connectivity index (χ0) is 16.7. The second kappa shape index (κ2) is 7.17. The van der Waals surface area contributed by atoms with Crippen LogP contribution in [0.25, 0.3) is 5.65 Å². The maximum absolute atomic E-state index is 12.9. The van der Waals surface area contributed by atoms with Gasteiger partial charge in [-0.3, -0.25) is 9.59 Å². The number of rotatable bonds is 2. The molecule has 2 aromatic rings. The minimum absolute atomic E-state index is 0. The van der Waals surface area contributed by atoms with Crippen molar-refractivity contribution in [2.24, 2.45) is 0 Å². The van der Waals surface area contributed by atoms with Gasteiger partial charge < -0.3 is 15.2 Å². The Balaban J connectivity index is 0.00000182. The van der Waals surface area contributed by atoms with E-state index in [1.54, 1.807) is 16.8 Å². The molecular formula is C17H24ClN5O2. The number of aromatic amines is 1. The topological polar surface area (TPSA) is 82.5 Å². The highest BCUT2D eigenvalue weighted by atomic mass is 35.5. The first kappa shape index (κ1) is 17.9. The quantitative estimate of drug-likeness (QED) is 0.845. The van der Waals surface area contributed by atoms with Gasteiger partial charge in [-0.2, -0.15) is 5.10 Å². The van der Waals surface area contributed by atoms with Gasteiger partial charge in [-0.05, 0) is 45.7 Å². The Bertz CT molecular complexity index is 824. The third-order valence-corrected chi connectivity index (χ3v) is 5.34. The lowest BCUT2D eigenvalue weighted by Gasteiger charge is -2.23. The summed E-state index contributed by atoms with van der Waals surface area (Å²) in [5.41, 5.74) is 1.76. The standard InChI is InChI=1S/C17H23N5O2.ClH/c1-11-3-2-8-21(11)17(24)13-10-19-22-14(9-15(23)20-16(13)22)12-4-6-18-7-5-12;/h9-12,18H,2-8H2,1H3,(H,20,23);1H/t11-;/m1./s1. The number of carbonyl (C=O) groups is 1. The highest BCUT2D eigenvalue weighted by molar-refractivity contribution is 6.00. The molecule has 7 nitrogen and oxygen atoms in total. The third-order valence-electron chi connectivity index (χ3n) is 5.34. The molecule has 2 N–H and O–H groups in total. The van der Waals surface area contributed by atoms with Crippen LogP contribution in [-0.2, 0) is 0 Å². The summed E-state index contributed by atoms with van der Waals surface area (Å²) in [7, 11) is 0. The van der Waals surface area contributed by atoms with Crippen molar-refractivity contribution in [2.75, 3.05) is 19.6 Å². The SMILES string of the molecule is C[C@@H]1CCCN1C(=O)c1cnn2c(C3CCNCC3)cc(=O)[nH]c12.Cl. The molecule has 0 saturated carbocycles. The number of hydrogen-bond donors (Lipinski definition) is 2. The fraction of sp³-hybridized carbons (Fsp3) is 0.588. The Hall–Kier alpha value is -1.86. The molecule has 2 fully saturated rings. The summed E-state index contributed by atoms with van der Waals surface area (Å²) < 4.78 is 1.76. The Morgan fingerprint density at radius 1 is 1.28 bits per heavy atom. The average molecular weight is 366 g/mol. The number of nitrogens with one attached hydrogen (secondary N) is 2. The van der Waals surface area contributed by atoms with Crippen LogP contribution >= 0.6 is 12.4 Å². The van der Waals surface area contributed by atoms with E-state index in [9.17, 15) is 9.59 Å². The number of halogens is 1. The van der Waals surface area contributed by atoms with Crippen LogP contribution in [0.4, 0.5) is 0 Å². The van der Waals surface area contributed by atoms with Crippen molar-refractivity contribution in [3.8, 4) is 0 Å². The summed E-state index contributed by atoms with van der Waals surface area (Å²) in [6.45, 7) is 4.73. The van der Waals surface area contributed by atoms with E-state index in [0.717, 1.165) is 51.0 Å². The molecule has 1 amide bonds. The van der Waals surface area contributed by atoms with Crippen LogP contribution in [0.2, 0.25) is 0 Å². The van der Waals surface area contributed by atoms with Crippen molar-refractivity contribution >= 4 is 24.0 Å². The number of likely N-dealkylation sites (tertiary alicyclic amines) is 1. The normalized spacial score (nSPS) is 21.5. The van der Waals surface area contributed by atoms with E-state index in [4.69, 9.17) is 0 Å². The number of nitrogens with zero attached hydrogens (tertiary/aromatic N) is 3. The van der Waals surface area contributed by atoms with Crippen LogP contribution < -0.4 is 10.9 Å². The zero-order valence-corrected chi connectivity index (χ0v) is 15.1. The molecule has 2 saturated heterocycles. The molecule has 8 heteroatoms. The average Bonchev–Trinajstić information content (AvgIpc) is 3.20. The lowest BCUT2D eigenvalue weighted by atomic mass is 9.94. The van der Waals surface area contributed by atoms with Crippen LogP contribution in [0, 0.1) is 0 Å². The second-order valence-corrected chi connectivity index (χ2v) is 6.89. The summed E-state index contributed by atoms with van der Waals surface area (Å²) in [6.07, 6.45) is 5.61. The second-order valence-electron chi connectivity index (χ2n) is 6.89. The molecule has 0 bridgehead atoms. The molecule has 25 heavy (non-hydrogen) atoms. The van der Waals surface area contributed by atoms with Crippen molar-refractivity contribution in [3.63, 3.8) is 0 Å². The van der Waals surface area contributed by atoms with E-state index in [2.05, 4.69) is 22.3 Å². The molecular weight excluding hydrogens is 342 g/mol. The molecule has 0 radical (unpaired) electrons. The monoisotopic (exact) mass is 365 g/mol. The summed E-state index contributed by atoms with van der Waals surface area (Å²) in [4.78, 5) is 29.7. The van der Waals surface area contributed by atoms with Crippen LogP contribution in [0.1, 0.15) is 54.6 Å². The largest absolute Gasteiger partial charge is 0.336 e. The minimum atomic E-state index is -0.167. The molecule has 0 spiro atoms. The Kier molecular flexibility index (Phi) is 5.15. The van der Waals surface area contributed by atoms with Gasteiger partial charge in [0.05, 0.1) is 11.9 Å². The molecule has 2 aromatic heterocycles. The molecule has 2 aliphatic rings. The fourth-order valence-electron chi connectivity index (χ4n) is 3.97. The summed E-state index contributed by atoms with van der Waals surface area (Å²) >= 11 is 0. The molecule has 136 valence electrons. The minimum Gasteiger partial charge on any atom is -0.336 e. The maximum Gasteiger partial charge on any atom is 0.259 e. The summed E-state index contributed by atoms with van der Waals surface area (Å²) in [5.74, 6) is 0.262. The zero-order valence-electron chi connectivity index (χ0n) is 14.3. The highest BCUT2D eigenvalue weighted by Gasteiger charge is 2.29. The Labute approximate surface area is 152 Å². The van der Waals surface area contributed by atoms with Crippen molar-refractivity contribution in [1.82, 2.24) is 24.8 Å². The van der Waals surface area contributed by atoms with Crippen molar-refractivity contribution < 1.29 is 4.79 Å². The van der Waals surface area contributed by atoms with Crippen molar-refractivity contribution in [1.29, 1.82) is 0 Å². The first-order chi connectivity index (χ1) is 11.6. The molecule has 2 aliphatic heterocycles. The number of amides is 1. The molecule has 4 heterocycles. The van der Waals surface area contributed by atoms with Gasteiger partial charge in [-0.15, -0.1) is 12.4 Å². The smallest absolute Gasteiger partial charge is 0.259 e.